The van der Waals surface area contributed by atoms with Crippen LogP contribution in [0.2, 0.25) is 5.02 Å². The summed E-state index contributed by atoms with van der Waals surface area (Å²) in [4.78, 5) is 24.5. The lowest BCUT2D eigenvalue weighted by Crippen LogP contribution is -2.38. The number of rotatable bonds is 3. The van der Waals surface area contributed by atoms with Crippen LogP contribution in [0.1, 0.15) is 42.5 Å². The van der Waals surface area contributed by atoms with Crippen LogP contribution in [0.25, 0.3) is 0 Å². The van der Waals surface area contributed by atoms with E-state index in [0.717, 1.165) is 25.7 Å². The van der Waals surface area contributed by atoms with Crippen LogP contribution in [0.4, 0.5) is 11.4 Å². The third-order valence-corrected chi connectivity index (χ3v) is 4.31. The summed E-state index contributed by atoms with van der Waals surface area (Å²) >= 11 is 5.90. The number of carbonyl (C=O) groups excluding carboxylic acids is 1. The van der Waals surface area contributed by atoms with Crippen LogP contribution < -0.4 is 5.73 Å². The lowest BCUT2D eigenvalue weighted by molar-refractivity contribution is -0.383. The van der Waals surface area contributed by atoms with Gasteiger partial charge in [0.25, 0.3) is 11.6 Å². The van der Waals surface area contributed by atoms with Crippen molar-refractivity contribution >= 4 is 28.9 Å². The van der Waals surface area contributed by atoms with Gasteiger partial charge in [0, 0.05) is 24.7 Å². The summed E-state index contributed by atoms with van der Waals surface area (Å²) < 4.78 is 0. The molecule has 1 saturated carbocycles. The van der Waals surface area contributed by atoms with Crippen LogP contribution in [0.3, 0.4) is 0 Å². The molecule has 114 valence electrons. The Bertz CT molecular complexity index is 571. The zero-order valence-corrected chi connectivity index (χ0v) is 12.6. The van der Waals surface area contributed by atoms with E-state index in [9.17, 15) is 14.9 Å². The molecule has 0 saturated heterocycles. The van der Waals surface area contributed by atoms with Crippen molar-refractivity contribution in [1.29, 1.82) is 0 Å². The monoisotopic (exact) mass is 311 g/mol. The number of hydrogen-bond donors (Lipinski definition) is 1. The fourth-order valence-corrected chi connectivity index (χ4v) is 2.93. The highest BCUT2D eigenvalue weighted by molar-refractivity contribution is 6.34. The molecule has 0 bridgehead atoms. The largest absolute Gasteiger partial charge is 0.392 e. The number of halogens is 1. The number of nitrogen functional groups attached to an aromatic ring is 1. The summed E-state index contributed by atoms with van der Waals surface area (Å²) in [5, 5.41) is 11.0. The molecule has 7 heteroatoms. The van der Waals surface area contributed by atoms with E-state index < -0.39 is 4.92 Å². The highest BCUT2D eigenvalue weighted by atomic mass is 35.5. The third-order valence-electron chi connectivity index (χ3n) is 3.99. The van der Waals surface area contributed by atoms with Crippen molar-refractivity contribution in [1.82, 2.24) is 4.90 Å². The summed E-state index contributed by atoms with van der Waals surface area (Å²) in [6.45, 7) is 0. The smallest absolute Gasteiger partial charge is 0.294 e. The number of hydrogen-bond acceptors (Lipinski definition) is 4. The first-order valence-corrected chi connectivity index (χ1v) is 7.30. The second kappa shape index (κ2) is 6.30. The number of nitrogens with two attached hydrogens (primary N) is 1. The maximum absolute atomic E-state index is 12.5. The molecule has 0 spiro atoms. The number of benzene rings is 1. The van der Waals surface area contributed by atoms with Gasteiger partial charge in [-0.05, 0) is 18.9 Å². The number of carbonyl (C=O) groups is 1. The average molecular weight is 312 g/mol. The number of amides is 1. The van der Waals surface area contributed by atoms with Gasteiger partial charge < -0.3 is 10.6 Å². The van der Waals surface area contributed by atoms with Crippen molar-refractivity contribution in [2.24, 2.45) is 0 Å². The highest BCUT2D eigenvalue weighted by Crippen LogP contribution is 2.32. The first-order valence-electron chi connectivity index (χ1n) is 6.92. The van der Waals surface area contributed by atoms with Gasteiger partial charge in [0.15, 0.2) is 0 Å². The Morgan fingerprint density at radius 2 is 2.00 bits per heavy atom. The molecule has 0 atom stereocenters. The van der Waals surface area contributed by atoms with E-state index in [0.29, 0.717) is 0 Å². The van der Waals surface area contributed by atoms with Crippen LogP contribution in [0.15, 0.2) is 12.1 Å². The molecule has 2 N–H and O–H groups in total. The van der Waals surface area contributed by atoms with Crippen molar-refractivity contribution in [2.75, 3.05) is 12.8 Å². The van der Waals surface area contributed by atoms with Crippen molar-refractivity contribution in [3.63, 3.8) is 0 Å². The topological polar surface area (TPSA) is 89.5 Å². The van der Waals surface area contributed by atoms with Gasteiger partial charge in [-0.3, -0.25) is 14.9 Å². The second-order valence-electron chi connectivity index (χ2n) is 5.36. The predicted octanol–water partition coefficient (Wildman–Crippen LogP) is 3.24. The van der Waals surface area contributed by atoms with Crippen molar-refractivity contribution in [2.45, 2.75) is 38.1 Å². The molecular formula is C14H18ClN3O3. The van der Waals surface area contributed by atoms with E-state index in [2.05, 4.69) is 0 Å². The molecule has 1 aliphatic rings. The van der Waals surface area contributed by atoms with Gasteiger partial charge in [0.1, 0.15) is 5.69 Å². The number of nitro benzene ring substituents is 1. The Morgan fingerprint density at radius 1 is 1.38 bits per heavy atom. The number of anilines is 1. The van der Waals surface area contributed by atoms with Gasteiger partial charge in [-0.2, -0.15) is 0 Å². The molecular weight excluding hydrogens is 294 g/mol. The Balaban J connectivity index is 2.28. The predicted molar refractivity (Wildman–Crippen MR) is 81.5 cm³/mol. The molecule has 0 heterocycles. The fourth-order valence-electron chi connectivity index (χ4n) is 2.72. The van der Waals surface area contributed by atoms with Gasteiger partial charge in [0.2, 0.25) is 0 Å². The van der Waals surface area contributed by atoms with Crippen LogP contribution >= 0.6 is 11.6 Å². The molecule has 0 radical (unpaired) electrons. The molecule has 1 aromatic rings. The Morgan fingerprint density at radius 3 is 2.57 bits per heavy atom. The SMILES string of the molecule is CN(C(=O)c1cc(Cl)c(N)c([N+](=O)[O-])c1)C1CCCCC1. The molecule has 21 heavy (non-hydrogen) atoms. The van der Waals surface area contributed by atoms with Crippen LogP contribution in [0, 0.1) is 10.1 Å². The molecule has 0 aromatic heterocycles. The average Bonchev–Trinajstić information content (AvgIpc) is 2.49. The normalized spacial score (nSPS) is 15.7. The lowest BCUT2D eigenvalue weighted by atomic mass is 9.94. The minimum Gasteiger partial charge on any atom is -0.392 e. The number of nitro groups is 1. The quantitative estimate of drug-likeness (QED) is 0.527. The van der Waals surface area contributed by atoms with Crippen molar-refractivity contribution < 1.29 is 9.72 Å². The fraction of sp³-hybridized carbons (Fsp3) is 0.500. The van der Waals surface area contributed by atoms with E-state index in [-0.39, 0.29) is 33.9 Å². The van der Waals surface area contributed by atoms with Crippen molar-refractivity contribution in [3.8, 4) is 0 Å². The number of nitrogens with zero attached hydrogens (tertiary/aromatic N) is 2. The van der Waals surface area contributed by atoms with E-state index in [1.165, 1.54) is 18.6 Å². The maximum Gasteiger partial charge on any atom is 0.294 e. The zero-order valence-electron chi connectivity index (χ0n) is 11.8. The van der Waals surface area contributed by atoms with Gasteiger partial charge in [0.05, 0.1) is 9.95 Å². The first-order chi connectivity index (χ1) is 9.91. The summed E-state index contributed by atoms with van der Waals surface area (Å²) in [6, 6.07) is 2.77. The van der Waals surface area contributed by atoms with Crippen LogP contribution in [-0.2, 0) is 0 Å². The van der Waals surface area contributed by atoms with E-state index >= 15 is 0 Å². The van der Waals surface area contributed by atoms with Gasteiger partial charge >= 0.3 is 0 Å². The summed E-state index contributed by atoms with van der Waals surface area (Å²) in [5.41, 5.74) is 5.33. The molecule has 1 aliphatic carbocycles. The zero-order chi connectivity index (χ0) is 15.6. The van der Waals surface area contributed by atoms with Gasteiger partial charge in [-0.15, -0.1) is 0 Å². The third kappa shape index (κ3) is 3.26. The maximum atomic E-state index is 12.5. The van der Waals surface area contributed by atoms with Crippen LogP contribution in [-0.4, -0.2) is 28.8 Å². The van der Waals surface area contributed by atoms with E-state index in [1.54, 1.807) is 11.9 Å². The molecule has 1 aromatic carbocycles. The Kier molecular flexibility index (Phi) is 4.67. The summed E-state index contributed by atoms with van der Waals surface area (Å²) in [7, 11) is 1.73. The highest BCUT2D eigenvalue weighted by Gasteiger charge is 2.26. The molecule has 6 nitrogen and oxygen atoms in total. The van der Waals surface area contributed by atoms with Crippen molar-refractivity contribution in [3.05, 3.63) is 32.8 Å². The Hall–Kier alpha value is -1.82. The van der Waals surface area contributed by atoms with Gasteiger partial charge in [-0.25, -0.2) is 0 Å². The lowest BCUT2D eigenvalue weighted by Gasteiger charge is -2.31. The first kappa shape index (κ1) is 15.6. The van der Waals surface area contributed by atoms with Gasteiger partial charge in [-0.1, -0.05) is 30.9 Å². The molecule has 0 unspecified atom stereocenters. The minimum atomic E-state index is -0.626. The van der Waals surface area contributed by atoms with E-state index in [4.69, 9.17) is 17.3 Å². The van der Waals surface area contributed by atoms with E-state index in [1.807, 2.05) is 0 Å². The molecule has 2 rings (SSSR count). The molecule has 0 aliphatic heterocycles. The molecule has 1 fully saturated rings. The summed E-state index contributed by atoms with van der Waals surface area (Å²) in [5.74, 6) is -0.258. The second-order valence-corrected chi connectivity index (χ2v) is 5.76. The minimum absolute atomic E-state index is 0.0320. The summed E-state index contributed by atoms with van der Waals surface area (Å²) in [6.07, 6.45) is 5.33. The standard InChI is InChI=1S/C14H18ClN3O3/c1-17(10-5-3-2-4-6-10)14(19)9-7-11(15)13(16)12(8-9)18(20)21/h7-8,10H,2-6,16H2,1H3. The molecule has 1 amide bonds. The Labute approximate surface area is 128 Å². The van der Waals surface area contributed by atoms with Crippen LogP contribution in [0.5, 0.6) is 0 Å².